The van der Waals surface area contributed by atoms with Crippen LogP contribution in [0.15, 0.2) is 47.8 Å². The van der Waals surface area contributed by atoms with Gasteiger partial charge in [0.05, 0.1) is 6.04 Å². The molecule has 106 valence electrons. The van der Waals surface area contributed by atoms with Crippen LogP contribution in [0.5, 0.6) is 0 Å². The minimum Gasteiger partial charge on any atom is -0.444 e. The van der Waals surface area contributed by atoms with E-state index in [1.54, 1.807) is 11.3 Å². The first kappa shape index (κ1) is 14.6. The van der Waals surface area contributed by atoms with Crippen molar-refractivity contribution in [3.8, 4) is 0 Å². The van der Waals surface area contributed by atoms with Crippen molar-refractivity contribution in [1.82, 2.24) is 5.32 Å². The molecule has 0 saturated carbocycles. The number of benzene rings is 1. The van der Waals surface area contributed by atoms with Crippen molar-refractivity contribution in [2.75, 3.05) is 0 Å². The van der Waals surface area contributed by atoms with E-state index in [0.29, 0.717) is 0 Å². The van der Waals surface area contributed by atoms with Gasteiger partial charge in [-0.3, -0.25) is 0 Å². The van der Waals surface area contributed by atoms with E-state index in [-0.39, 0.29) is 6.04 Å². The van der Waals surface area contributed by atoms with Gasteiger partial charge in [0.2, 0.25) is 0 Å². The molecule has 1 amide bonds. The number of alkyl carbamates (subject to hydrolysis) is 1. The van der Waals surface area contributed by atoms with E-state index in [1.165, 1.54) is 0 Å². The Kier molecular flexibility index (Phi) is 4.45. The van der Waals surface area contributed by atoms with Gasteiger partial charge in [0.15, 0.2) is 0 Å². The standard InChI is InChI=1S/C16H19NO2S/c1-16(2,3)19-15(18)17-14(13-10-7-11-20-13)12-8-5-4-6-9-12/h4-11,14H,1-3H3,(H,17,18). The monoisotopic (exact) mass is 289 g/mol. The Hall–Kier alpha value is -1.81. The predicted molar refractivity (Wildman–Crippen MR) is 82.0 cm³/mol. The average molecular weight is 289 g/mol. The smallest absolute Gasteiger partial charge is 0.408 e. The van der Waals surface area contributed by atoms with E-state index in [9.17, 15) is 4.79 Å². The van der Waals surface area contributed by atoms with Crippen molar-refractivity contribution < 1.29 is 9.53 Å². The summed E-state index contributed by atoms with van der Waals surface area (Å²) in [4.78, 5) is 13.1. The first-order valence-electron chi connectivity index (χ1n) is 6.53. The largest absolute Gasteiger partial charge is 0.444 e. The van der Waals surface area contributed by atoms with Crippen molar-refractivity contribution >= 4 is 17.4 Å². The molecular formula is C16H19NO2S. The van der Waals surface area contributed by atoms with E-state index >= 15 is 0 Å². The summed E-state index contributed by atoms with van der Waals surface area (Å²) in [6.07, 6.45) is -0.403. The fourth-order valence-corrected chi connectivity index (χ4v) is 2.65. The lowest BCUT2D eigenvalue weighted by Gasteiger charge is -2.23. The molecule has 1 N–H and O–H groups in total. The average Bonchev–Trinajstić information content (AvgIpc) is 2.88. The van der Waals surface area contributed by atoms with Crippen LogP contribution in [0.2, 0.25) is 0 Å². The van der Waals surface area contributed by atoms with Gasteiger partial charge in [0.25, 0.3) is 0 Å². The molecule has 0 saturated heterocycles. The Morgan fingerprint density at radius 2 is 1.85 bits per heavy atom. The summed E-state index contributed by atoms with van der Waals surface area (Å²) in [5.41, 5.74) is 0.543. The highest BCUT2D eigenvalue weighted by Gasteiger charge is 2.22. The van der Waals surface area contributed by atoms with Crippen LogP contribution in [0.4, 0.5) is 4.79 Å². The van der Waals surface area contributed by atoms with Crippen molar-refractivity contribution in [3.63, 3.8) is 0 Å². The zero-order chi connectivity index (χ0) is 14.6. The first-order valence-corrected chi connectivity index (χ1v) is 7.41. The van der Waals surface area contributed by atoms with E-state index in [1.807, 2.05) is 68.6 Å². The third-order valence-electron chi connectivity index (χ3n) is 2.62. The number of thiophene rings is 1. The Labute approximate surface area is 123 Å². The number of rotatable bonds is 3. The van der Waals surface area contributed by atoms with E-state index in [0.717, 1.165) is 10.4 Å². The fourth-order valence-electron chi connectivity index (χ4n) is 1.85. The molecule has 4 heteroatoms. The zero-order valence-electron chi connectivity index (χ0n) is 11.9. The van der Waals surface area contributed by atoms with Gasteiger partial charge in [-0.2, -0.15) is 0 Å². The molecule has 1 aromatic carbocycles. The van der Waals surface area contributed by atoms with Crippen molar-refractivity contribution in [2.24, 2.45) is 0 Å². The molecule has 1 unspecified atom stereocenters. The highest BCUT2D eigenvalue weighted by Crippen LogP contribution is 2.26. The maximum Gasteiger partial charge on any atom is 0.408 e. The van der Waals surface area contributed by atoms with Crippen LogP contribution in [-0.2, 0) is 4.74 Å². The highest BCUT2D eigenvalue weighted by atomic mass is 32.1. The Bertz CT molecular complexity index is 544. The molecule has 2 rings (SSSR count). The molecule has 0 bridgehead atoms. The minimum atomic E-state index is -0.499. The summed E-state index contributed by atoms with van der Waals surface area (Å²) in [6, 6.07) is 13.7. The van der Waals surface area contributed by atoms with Gasteiger partial charge >= 0.3 is 6.09 Å². The summed E-state index contributed by atoms with van der Waals surface area (Å²) >= 11 is 1.62. The van der Waals surface area contributed by atoms with Crippen molar-refractivity contribution in [2.45, 2.75) is 32.4 Å². The normalized spacial score (nSPS) is 12.8. The topological polar surface area (TPSA) is 38.3 Å². The molecule has 0 spiro atoms. The molecular weight excluding hydrogens is 270 g/mol. The van der Waals surface area contributed by atoms with Gasteiger partial charge in [-0.15, -0.1) is 11.3 Å². The number of carbonyl (C=O) groups excluding carboxylic acids is 1. The maximum atomic E-state index is 12.0. The Morgan fingerprint density at radius 3 is 2.40 bits per heavy atom. The second-order valence-corrected chi connectivity index (χ2v) is 6.48. The molecule has 0 aliphatic rings. The molecule has 2 aromatic rings. The molecule has 0 aliphatic heterocycles. The maximum absolute atomic E-state index is 12.0. The van der Waals surface area contributed by atoms with Crippen molar-refractivity contribution in [1.29, 1.82) is 0 Å². The van der Waals surface area contributed by atoms with E-state index in [2.05, 4.69) is 5.32 Å². The van der Waals surface area contributed by atoms with Gasteiger partial charge in [0.1, 0.15) is 5.60 Å². The minimum absolute atomic E-state index is 0.175. The summed E-state index contributed by atoms with van der Waals surface area (Å²) in [7, 11) is 0. The molecule has 3 nitrogen and oxygen atoms in total. The molecule has 1 atom stereocenters. The van der Waals surface area contributed by atoms with E-state index in [4.69, 9.17) is 4.74 Å². The van der Waals surface area contributed by atoms with Gasteiger partial charge < -0.3 is 10.1 Å². The predicted octanol–water partition coefficient (Wildman–Crippen LogP) is 4.36. The molecule has 1 heterocycles. The van der Waals surface area contributed by atoms with Crippen LogP contribution >= 0.6 is 11.3 Å². The Morgan fingerprint density at radius 1 is 1.15 bits per heavy atom. The quantitative estimate of drug-likeness (QED) is 0.911. The summed E-state index contributed by atoms with van der Waals surface area (Å²) in [6.45, 7) is 5.57. The SMILES string of the molecule is CC(C)(C)OC(=O)NC(c1ccccc1)c1cccs1. The van der Waals surface area contributed by atoms with Crippen LogP contribution in [0.25, 0.3) is 0 Å². The molecule has 0 aliphatic carbocycles. The lowest BCUT2D eigenvalue weighted by Crippen LogP contribution is -2.35. The number of hydrogen-bond acceptors (Lipinski definition) is 3. The second-order valence-electron chi connectivity index (χ2n) is 5.51. The second kappa shape index (κ2) is 6.09. The summed E-state index contributed by atoms with van der Waals surface area (Å²) < 4.78 is 5.34. The summed E-state index contributed by atoms with van der Waals surface area (Å²) in [5.74, 6) is 0. The van der Waals surface area contributed by atoms with Gasteiger partial charge in [-0.05, 0) is 37.8 Å². The van der Waals surface area contributed by atoms with E-state index < -0.39 is 11.7 Å². The third kappa shape index (κ3) is 4.10. The number of nitrogens with one attached hydrogen (secondary N) is 1. The molecule has 20 heavy (non-hydrogen) atoms. The molecule has 1 aromatic heterocycles. The number of amides is 1. The van der Waals surface area contributed by atoms with Crippen LogP contribution in [0, 0.1) is 0 Å². The Balaban J connectivity index is 2.19. The number of hydrogen-bond donors (Lipinski definition) is 1. The number of ether oxygens (including phenoxy) is 1. The van der Waals surface area contributed by atoms with Crippen LogP contribution < -0.4 is 5.32 Å². The molecule has 0 fully saturated rings. The third-order valence-corrected chi connectivity index (χ3v) is 3.56. The van der Waals surface area contributed by atoms with Gasteiger partial charge in [-0.1, -0.05) is 36.4 Å². The van der Waals surface area contributed by atoms with Crippen LogP contribution in [0.3, 0.4) is 0 Å². The van der Waals surface area contributed by atoms with Crippen LogP contribution in [-0.4, -0.2) is 11.7 Å². The number of carbonyl (C=O) groups is 1. The lowest BCUT2D eigenvalue weighted by atomic mass is 10.1. The molecule has 0 radical (unpaired) electrons. The highest BCUT2D eigenvalue weighted by molar-refractivity contribution is 7.10. The lowest BCUT2D eigenvalue weighted by molar-refractivity contribution is 0.0513. The zero-order valence-corrected chi connectivity index (χ0v) is 12.7. The van der Waals surface area contributed by atoms with Gasteiger partial charge in [-0.25, -0.2) is 4.79 Å². The van der Waals surface area contributed by atoms with Crippen LogP contribution in [0.1, 0.15) is 37.3 Å². The van der Waals surface area contributed by atoms with Crippen molar-refractivity contribution in [3.05, 3.63) is 58.3 Å². The first-order chi connectivity index (χ1) is 9.46. The fraction of sp³-hybridized carbons (Fsp3) is 0.312. The van der Waals surface area contributed by atoms with Gasteiger partial charge in [0, 0.05) is 4.88 Å². The summed E-state index contributed by atoms with van der Waals surface area (Å²) in [5, 5.41) is 4.94.